The van der Waals surface area contributed by atoms with Gasteiger partial charge in [-0.2, -0.15) is 0 Å². The Bertz CT molecular complexity index is 371. The maximum atomic E-state index is 9.28. The number of hydrogen-bond acceptors (Lipinski definition) is 4. The third-order valence-corrected chi connectivity index (χ3v) is 8.95. The fourth-order valence-electron chi connectivity index (χ4n) is 1.13. The first kappa shape index (κ1) is 14.7. The van der Waals surface area contributed by atoms with Crippen molar-refractivity contribution in [2.24, 2.45) is 5.73 Å². The molecule has 0 aliphatic heterocycles. The van der Waals surface area contributed by atoms with E-state index in [-0.39, 0.29) is 16.8 Å². The normalized spacial score (nSPS) is 14.9. The molecule has 1 aromatic heterocycles. The monoisotopic (exact) mass is 273 g/mol. The van der Waals surface area contributed by atoms with Crippen molar-refractivity contribution in [1.29, 1.82) is 0 Å². The Morgan fingerprint density at radius 1 is 1.47 bits per heavy atom. The van der Waals surface area contributed by atoms with Gasteiger partial charge >= 0.3 is 0 Å². The number of thiophene rings is 1. The molecule has 3 nitrogen and oxygen atoms in total. The van der Waals surface area contributed by atoms with Crippen molar-refractivity contribution in [2.45, 2.75) is 44.9 Å². The zero-order valence-corrected chi connectivity index (χ0v) is 13.1. The van der Waals surface area contributed by atoms with E-state index < -0.39 is 8.32 Å². The van der Waals surface area contributed by atoms with Crippen molar-refractivity contribution < 1.29 is 9.53 Å². The van der Waals surface area contributed by atoms with E-state index in [0.29, 0.717) is 6.61 Å². The van der Waals surface area contributed by atoms with Gasteiger partial charge in [0, 0.05) is 10.3 Å². The molecule has 0 saturated heterocycles. The average molecular weight is 273 g/mol. The predicted octanol–water partition coefficient (Wildman–Crippen LogP) is 3.48. The van der Waals surface area contributed by atoms with Gasteiger partial charge in [0.15, 0.2) is 8.32 Å². The maximum absolute atomic E-state index is 9.28. The molecule has 0 radical (unpaired) electrons. The van der Waals surface area contributed by atoms with Crippen molar-refractivity contribution in [3.05, 3.63) is 16.3 Å². The Kier molecular flexibility index (Phi) is 4.41. The van der Waals surface area contributed by atoms with Crippen molar-refractivity contribution in [1.82, 2.24) is 0 Å². The fourth-order valence-corrected chi connectivity index (χ4v) is 2.92. The molecular weight excluding hydrogens is 250 g/mol. The molecule has 0 aliphatic rings. The van der Waals surface area contributed by atoms with Crippen molar-refractivity contribution in [3.63, 3.8) is 0 Å². The van der Waals surface area contributed by atoms with Crippen LogP contribution < -0.4 is 5.73 Å². The third kappa shape index (κ3) is 3.81. The van der Waals surface area contributed by atoms with Crippen molar-refractivity contribution in [2.75, 3.05) is 6.61 Å². The van der Waals surface area contributed by atoms with Gasteiger partial charge in [-0.3, -0.25) is 0 Å². The Morgan fingerprint density at radius 3 is 2.47 bits per heavy atom. The van der Waals surface area contributed by atoms with E-state index in [2.05, 4.69) is 33.9 Å². The lowest BCUT2D eigenvalue weighted by atomic mass is 10.2. The molecule has 0 fully saturated rings. The van der Waals surface area contributed by atoms with E-state index in [9.17, 15) is 5.11 Å². The molecule has 98 valence electrons. The zero-order chi connectivity index (χ0) is 13.3. The maximum Gasteiger partial charge on any atom is 0.192 e. The number of rotatable bonds is 4. The summed E-state index contributed by atoms with van der Waals surface area (Å²) in [6.45, 7) is 11.6. The lowest BCUT2D eigenvalue weighted by molar-refractivity contribution is 0.266. The summed E-state index contributed by atoms with van der Waals surface area (Å²) in [4.78, 5) is 0.973. The quantitative estimate of drug-likeness (QED) is 0.826. The molecule has 0 amide bonds. The predicted molar refractivity (Wildman–Crippen MR) is 76.1 cm³/mol. The molecule has 0 aromatic carbocycles. The summed E-state index contributed by atoms with van der Waals surface area (Å²) in [7, 11) is -1.73. The van der Waals surface area contributed by atoms with Crippen LogP contribution in [0, 0.1) is 0 Å². The van der Waals surface area contributed by atoms with E-state index in [4.69, 9.17) is 10.2 Å². The van der Waals surface area contributed by atoms with Gasteiger partial charge in [0.25, 0.3) is 0 Å². The minimum atomic E-state index is -1.73. The lowest BCUT2D eigenvalue weighted by Crippen LogP contribution is -2.42. The highest BCUT2D eigenvalue weighted by atomic mass is 32.1. The van der Waals surface area contributed by atoms with Crippen LogP contribution in [0.4, 0.5) is 0 Å². The first-order valence-electron chi connectivity index (χ1n) is 5.80. The van der Waals surface area contributed by atoms with E-state index in [1.165, 1.54) is 11.3 Å². The van der Waals surface area contributed by atoms with Gasteiger partial charge in [-0.25, -0.2) is 0 Å². The van der Waals surface area contributed by atoms with E-state index in [1.807, 2.05) is 0 Å². The van der Waals surface area contributed by atoms with Crippen LogP contribution in [0.3, 0.4) is 0 Å². The molecular formula is C12H23NO2SSi. The molecule has 1 rings (SSSR count). The Balaban J connectivity index is 2.57. The molecule has 0 unspecified atom stereocenters. The van der Waals surface area contributed by atoms with Crippen LogP contribution in [0.1, 0.15) is 31.7 Å². The average Bonchev–Trinajstić information content (AvgIpc) is 2.59. The fraction of sp³-hybridized carbons (Fsp3) is 0.667. The molecule has 0 bridgehead atoms. The van der Waals surface area contributed by atoms with Crippen LogP contribution in [0.15, 0.2) is 11.4 Å². The molecule has 0 aliphatic carbocycles. The van der Waals surface area contributed by atoms with E-state index >= 15 is 0 Å². The van der Waals surface area contributed by atoms with Gasteiger partial charge in [-0.05, 0) is 24.2 Å². The van der Waals surface area contributed by atoms with Crippen LogP contribution in [0.5, 0.6) is 5.75 Å². The first-order valence-corrected chi connectivity index (χ1v) is 9.59. The van der Waals surface area contributed by atoms with E-state index in [0.717, 1.165) is 4.88 Å². The minimum Gasteiger partial charge on any atom is -0.507 e. The standard InChI is InChI=1S/C12H23NO2SSi/c1-12(2,3)17(4,5)15-7-10(13)11-6-9(14)8-16-11/h6,8,10,14H,7,13H2,1-5H3/t10-/m1/s1. The summed E-state index contributed by atoms with van der Waals surface area (Å²) < 4.78 is 6.06. The summed E-state index contributed by atoms with van der Waals surface area (Å²) in [5, 5.41) is 11.2. The molecule has 17 heavy (non-hydrogen) atoms. The summed E-state index contributed by atoms with van der Waals surface area (Å²) >= 11 is 1.48. The summed E-state index contributed by atoms with van der Waals surface area (Å²) in [5.74, 6) is 0.285. The van der Waals surface area contributed by atoms with Gasteiger partial charge in [-0.15, -0.1) is 11.3 Å². The van der Waals surface area contributed by atoms with Crippen LogP contribution >= 0.6 is 11.3 Å². The highest BCUT2D eigenvalue weighted by Gasteiger charge is 2.37. The topological polar surface area (TPSA) is 55.5 Å². The molecule has 1 heterocycles. The van der Waals surface area contributed by atoms with Crippen LogP contribution in [0.2, 0.25) is 18.1 Å². The van der Waals surface area contributed by atoms with Crippen LogP contribution in [0.25, 0.3) is 0 Å². The van der Waals surface area contributed by atoms with Gasteiger partial charge in [0.05, 0.1) is 12.6 Å². The molecule has 1 atom stereocenters. The smallest absolute Gasteiger partial charge is 0.192 e. The van der Waals surface area contributed by atoms with Gasteiger partial charge in [-0.1, -0.05) is 20.8 Å². The summed E-state index contributed by atoms with van der Waals surface area (Å²) in [6.07, 6.45) is 0. The SMILES string of the molecule is CC(C)(C)[Si](C)(C)OC[C@@H](N)c1cc(O)cs1. The van der Waals surface area contributed by atoms with Crippen molar-refractivity contribution >= 4 is 19.7 Å². The van der Waals surface area contributed by atoms with Crippen LogP contribution in [-0.4, -0.2) is 20.0 Å². The van der Waals surface area contributed by atoms with Gasteiger partial charge in [0.2, 0.25) is 0 Å². The van der Waals surface area contributed by atoms with Crippen LogP contribution in [-0.2, 0) is 4.43 Å². The lowest BCUT2D eigenvalue weighted by Gasteiger charge is -2.36. The van der Waals surface area contributed by atoms with Gasteiger partial charge in [0.1, 0.15) is 5.75 Å². The molecule has 0 spiro atoms. The van der Waals surface area contributed by atoms with Gasteiger partial charge < -0.3 is 15.3 Å². The molecule has 0 saturated carbocycles. The third-order valence-electron chi connectivity index (χ3n) is 3.40. The molecule has 3 N–H and O–H groups in total. The second-order valence-electron chi connectivity index (χ2n) is 5.89. The summed E-state index contributed by atoms with van der Waals surface area (Å²) in [6, 6.07) is 1.57. The van der Waals surface area contributed by atoms with Crippen molar-refractivity contribution in [3.8, 4) is 5.75 Å². The minimum absolute atomic E-state index is 0.143. The molecule has 5 heteroatoms. The Morgan fingerprint density at radius 2 is 2.06 bits per heavy atom. The van der Waals surface area contributed by atoms with E-state index in [1.54, 1.807) is 11.4 Å². The second kappa shape index (κ2) is 5.10. The number of hydrogen-bond donors (Lipinski definition) is 2. The first-order chi connectivity index (χ1) is 7.63. The molecule has 1 aromatic rings. The highest BCUT2D eigenvalue weighted by Crippen LogP contribution is 2.37. The number of nitrogens with two attached hydrogens (primary N) is 1. The Hall–Kier alpha value is -0.363. The second-order valence-corrected chi connectivity index (χ2v) is 11.6. The summed E-state index contributed by atoms with van der Waals surface area (Å²) in [5.41, 5.74) is 6.06. The number of aromatic hydroxyl groups is 1. The Labute approximate surface area is 109 Å². The zero-order valence-electron chi connectivity index (χ0n) is 11.3. The largest absolute Gasteiger partial charge is 0.507 e. The highest BCUT2D eigenvalue weighted by molar-refractivity contribution is 7.10.